The summed E-state index contributed by atoms with van der Waals surface area (Å²) in [6.07, 6.45) is 1.87. The molecule has 20 heavy (non-hydrogen) atoms. The zero-order valence-corrected chi connectivity index (χ0v) is 12.3. The standard InChI is InChI=1S/C13H25N3O4/c1-4-5-8(2)15-12(18)9(3)16-11(17)7-6-10(14)13(19)20/h8-10H,4-7,14H2,1-3H3,(H,15,18)(H,16,17)(H,19,20). The fourth-order valence-corrected chi connectivity index (χ4v) is 1.66. The molecule has 0 heterocycles. The summed E-state index contributed by atoms with van der Waals surface area (Å²) in [7, 11) is 0. The largest absolute Gasteiger partial charge is 0.480 e. The van der Waals surface area contributed by atoms with Crippen molar-refractivity contribution in [3.63, 3.8) is 0 Å². The number of amides is 2. The molecule has 0 bridgehead atoms. The van der Waals surface area contributed by atoms with E-state index in [1.54, 1.807) is 6.92 Å². The third kappa shape index (κ3) is 7.73. The smallest absolute Gasteiger partial charge is 0.320 e. The van der Waals surface area contributed by atoms with Crippen LogP contribution < -0.4 is 16.4 Å². The van der Waals surface area contributed by atoms with Gasteiger partial charge in [-0.15, -0.1) is 0 Å². The zero-order valence-electron chi connectivity index (χ0n) is 12.3. The van der Waals surface area contributed by atoms with E-state index in [4.69, 9.17) is 10.8 Å². The van der Waals surface area contributed by atoms with E-state index in [1.807, 2.05) is 13.8 Å². The molecule has 0 aliphatic rings. The molecule has 0 radical (unpaired) electrons. The fourth-order valence-electron chi connectivity index (χ4n) is 1.66. The summed E-state index contributed by atoms with van der Waals surface area (Å²) in [4.78, 5) is 33.8. The van der Waals surface area contributed by atoms with Crippen molar-refractivity contribution in [1.82, 2.24) is 10.6 Å². The molecule has 3 atom stereocenters. The minimum Gasteiger partial charge on any atom is -0.480 e. The van der Waals surface area contributed by atoms with Crippen LogP contribution in [0.15, 0.2) is 0 Å². The molecule has 0 fully saturated rings. The molecule has 3 unspecified atom stereocenters. The first-order valence-corrected chi connectivity index (χ1v) is 6.86. The van der Waals surface area contributed by atoms with Crippen molar-refractivity contribution >= 4 is 17.8 Å². The first-order valence-electron chi connectivity index (χ1n) is 6.86. The van der Waals surface area contributed by atoms with Crippen molar-refractivity contribution < 1.29 is 19.5 Å². The van der Waals surface area contributed by atoms with Crippen LogP contribution in [-0.2, 0) is 14.4 Å². The van der Waals surface area contributed by atoms with Crippen LogP contribution in [0.1, 0.15) is 46.5 Å². The molecule has 0 saturated carbocycles. The highest BCUT2D eigenvalue weighted by Gasteiger charge is 2.18. The van der Waals surface area contributed by atoms with Gasteiger partial charge in [-0.25, -0.2) is 0 Å². The number of carbonyl (C=O) groups excluding carboxylic acids is 2. The van der Waals surface area contributed by atoms with Crippen molar-refractivity contribution in [3.05, 3.63) is 0 Å². The first kappa shape index (κ1) is 18.4. The molecule has 0 saturated heterocycles. The maximum Gasteiger partial charge on any atom is 0.320 e. The molecule has 116 valence electrons. The minimum absolute atomic E-state index is 0.0183. The molecule has 2 amide bonds. The lowest BCUT2D eigenvalue weighted by molar-refractivity contribution is -0.138. The zero-order chi connectivity index (χ0) is 15.7. The van der Waals surface area contributed by atoms with Gasteiger partial charge in [0.05, 0.1) is 0 Å². The van der Waals surface area contributed by atoms with Crippen LogP contribution in [0, 0.1) is 0 Å². The summed E-state index contributed by atoms with van der Waals surface area (Å²) in [5.74, 6) is -1.77. The van der Waals surface area contributed by atoms with Crippen LogP contribution in [0.5, 0.6) is 0 Å². The van der Waals surface area contributed by atoms with Crippen LogP contribution in [0.3, 0.4) is 0 Å². The van der Waals surface area contributed by atoms with Gasteiger partial charge >= 0.3 is 5.97 Å². The van der Waals surface area contributed by atoms with Crippen LogP contribution in [0.4, 0.5) is 0 Å². The number of carboxylic acids is 1. The van der Waals surface area contributed by atoms with E-state index in [0.717, 1.165) is 12.8 Å². The lowest BCUT2D eigenvalue weighted by Gasteiger charge is -2.18. The second-order valence-corrected chi connectivity index (χ2v) is 4.97. The van der Waals surface area contributed by atoms with Crippen molar-refractivity contribution in [2.24, 2.45) is 5.73 Å². The van der Waals surface area contributed by atoms with Gasteiger partial charge in [0.1, 0.15) is 12.1 Å². The molecule has 0 spiro atoms. The second kappa shape index (κ2) is 9.30. The van der Waals surface area contributed by atoms with E-state index in [2.05, 4.69) is 10.6 Å². The number of carboxylic acid groups (broad SMARTS) is 1. The van der Waals surface area contributed by atoms with Crippen molar-refractivity contribution in [2.75, 3.05) is 0 Å². The number of aliphatic carboxylic acids is 1. The van der Waals surface area contributed by atoms with E-state index in [1.165, 1.54) is 0 Å². The highest BCUT2D eigenvalue weighted by molar-refractivity contribution is 5.87. The maximum absolute atomic E-state index is 11.8. The summed E-state index contributed by atoms with van der Waals surface area (Å²) < 4.78 is 0. The molecule has 0 aliphatic carbocycles. The van der Waals surface area contributed by atoms with Gasteiger partial charge < -0.3 is 21.5 Å². The lowest BCUT2D eigenvalue weighted by Crippen LogP contribution is -2.47. The molecular weight excluding hydrogens is 262 g/mol. The van der Waals surface area contributed by atoms with E-state index < -0.39 is 18.1 Å². The molecule has 5 N–H and O–H groups in total. The Labute approximate surface area is 119 Å². The van der Waals surface area contributed by atoms with Gasteiger partial charge in [0.2, 0.25) is 11.8 Å². The van der Waals surface area contributed by atoms with Crippen molar-refractivity contribution in [1.29, 1.82) is 0 Å². The monoisotopic (exact) mass is 287 g/mol. The highest BCUT2D eigenvalue weighted by atomic mass is 16.4. The molecule has 0 aromatic rings. The topological polar surface area (TPSA) is 122 Å². The predicted octanol–water partition coefficient (Wildman–Crippen LogP) is -0.0120. The average molecular weight is 287 g/mol. The number of nitrogens with one attached hydrogen (secondary N) is 2. The average Bonchev–Trinajstić information content (AvgIpc) is 2.35. The SMILES string of the molecule is CCCC(C)NC(=O)C(C)NC(=O)CCC(N)C(=O)O. The van der Waals surface area contributed by atoms with Gasteiger partial charge in [0, 0.05) is 12.5 Å². The maximum atomic E-state index is 11.8. The normalized spacial score (nSPS) is 15.0. The molecule has 0 rings (SSSR count). The molecular formula is C13H25N3O4. The van der Waals surface area contributed by atoms with Gasteiger partial charge in [0.15, 0.2) is 0 Å². The Bertz CT molecular complexity index is 347. The van der Waals surface area contributed by atoms with E-state index in [0.29, 0.717) is 0 Å². The van der Waals surface area contributed by atoms with E-state index in [9.17, 15) is 14.4 Å². The number of rotatable bonds is 9. The van der Waals surface area contributed by atoms with Crippen LogP contribution >= 0.6 is 0 Å². The van der Waals surface area contributed by atoms with E-state index in [-0.39, 0.29) is 30.7 Å². The Morgan fingerprint density at radius 2 is 1.75 bits per heavy atom. The van der Waals surface area contributed by atoms with Gasteiger partial charge in [-0.3, -0.25) is 14.4 Å². The Morgan fingerprint density at radius 3 is 2.25 bits per heavy atom. The Balaban J connectivity index is 4.06. The predicted molar refractivity (Wildman–Crippen MR) is 75.0 cm³/mol. The van der Waals surface area contributed by atoms with Crippen molar-refractivity contribution in [3.8, 4) is 0 Å². The molecule has 7 heteroatoms. The summed E-state index contributed by atoms with van der Waals surface area (Å²) in [5, 5.41) is 13.9. The van der Waals surface area contributed by atoms with Gasteiger partial charge in [-0.2, -0.15) is 0 Å². The van der Waals surface area contributed by atoms with Gasteiger partial charge in [-0.1, -0.05) is 13.3 Å². The Kier molecular flexibility index (Phi) is 8.54. The van der Waals surface area contributed by atoms with Gasteiger partial charge in [-0.05, 0) is 26.7 Å². The van der Waals surface area contributed by atoms with Crippen molar-refractivity contribution in [2.45, 2.75) is 64.6 Å². The molecule has 0 aliphatic heterocycles. The second-order valence-electron chi connectivity index (χ2n) is 4.97. The summed E-state index contributed by atoms with van der Waals surface area (Å²) in [6.45, 7) is 5.52. The Morgan fingerprint density at radius 1 is 1.15 bits per heavy atom. The number of hydrogen-bond acceptors (Lipinski definition) is 4. The number of hydrogen-bond donors (Lipinski definition) is 4. The van der Waals surface area contributed by atoms with Crippen LogP contribution in [0.25, 0.3) is 0 Å². The number of carbonyl (C=O) groups is 3. The molecule has 7 nitrogen and oxygen atoms in total. The third-order valence-corrected chi connectivity index (χ3v) is 2.88. The first-order chi connectivity index (χ1) is 9.27. The quantitative estimate of drug-likeness (QED) is 0.475. The lowest BCUT2D eigenvalue weighted by atomic mass is 10.1. The highest BCUT2D eigenvalue weighted by Crippen LogP contribution is 1.98. The summed E-state index contributed by atoms with van der Waals surface area (Å²) in [6, 6.07) is -1.65. The fraction of sp³-hybridized carbons (Fsp3) is 0.769. The summed E-state index contributed by atoms with van der Waals surface area (Å²) in [5.41, 5.74) is 5.30. The third-order valence-electron chi connectivity index (χ3n) is 2.88. The van der Waals surface area contributed by atoms with Crippen LogP contribution in [-0.4, -0.2) is 41.0 Å². The van der Waals surface area contributed by atoms with E-state index >= 15 is 0 Å². The minimum atomic E-state index is -1.14. The number of nitrogens with two attached hydrogens (primary N) is 1. The molecule has 0 aromatic heterocycles. The molecule has 0 aromatic carbocycles. The van der Waals surface area contributed by atoms with Gasteiger partial charge in [0.25, 0.3) is 0 Å². The van der Waals surface area contributed by atoms with Crippen LogP contribution in [0.2, 0.25) is 0 Å². The Hall–Kier alpha value is -1.63. The summed E-state index contributed by atoms with van der Waals surface area (Å²) >= 11 is 0.